The van der Waals surface area contributed by atoms with Crippen molar-refractivity contribution in [3.8, 4) is 23.3 Å². The molecule has 49 heavy (non-hydrogen) atoms. The molecular formula is C29H33FN6O3S10. The van der Waals surface area contributed by atoms with Gasteiger partial charge in [0.15, 0.2) is 17.6 Å². The summed E-state index contributed by atoms with van der Waals surface area (Å²) in [6, 6.07) is 7.90. The maximum absolute atomic E-state index is 15.0. The fourth-order valence-corrected chi connectivity index (χ4v) is 11.9. The first-order valence-electron chi connectivity index (χ1n) is 14.5. The van der Waals surface area contributed by atoms with Gasteiger partial charge in [-0.15, -0.1) is 10.2 Å². The predicted octanol–water partition coefficient (Wildman–Crippen LogP) is 5.51. The second-order valence-corrected chi connectivity index (χ2v) is 20.3. The van der Waals surface area contributed by atoms with Crippen LogP contribution in [0.4, 0.5) is 9.18 Å². The van der Waals surface area contributed by atoms with Crippen LogP contribution in [0.3, 0.4) is 0 Å². The molecule has 3 aromatic rings. The van der Waals surface area contributed by atoms with E-state index in [9.17, 15) is 9.18 Å². The lowest BCUT2D eigenvalue weighted by molar-refractivity contribution is 0.147. The van der Waals surface area contributed by atoms with Crippen LogP contribution in [-0.4, -0.2) is 83.9 Å². The van der Waals surface area contributed by atoms with E-state index in [1.54, 1.807) is 29.1 Å². The normalized spacial score (nSPS) is 20.6. The van der Waals surface area contributed by atoms with E-state index in [0.29, 0.717) is 16.7 Å². The molecule has 9 nitrogen and oxygen atoms in total. The molecule has 264 valence electrons. The molecule has 1 saturated heterocycles. The summed E-state index contributed by atoms with van der Waals surface area (Å²) in [6.45, 7) is 1.55. The van der Waals surface area contributed by atoms with Crippen LogP contribution in [-0.2, 0) is 11.3 Å². The Kier molecular flexibility index (Phi) is 12.6. The van der Waals surface area contributed by atoms with Crippen molar-refractivity contribution in [3.63, 3.8) is 0 Å². The molecule has 1 aliphatic carbocycles. The molecule has 0 spiro atoms. The quantitative estimate of drug-likeness (QED) is 0.0826. The number of nitrogens with one attached hydrogen (secondary N) is 1. The standard InChI is InChI=1S/C29H33FN6O3S10/c1-35-11-8-18(9-12-35)32-24(37)38-13-3-4-17-6-7-20(14-21(17)30)39-16-22-33-34-23(36(22)19-5-2-10-31-15-19)49-29(48)27(44,45)25(40,41)26(42,43)28(29,46)47/h2,5-7,10,14-15,18,40-48H,8-9,11-13,16H2,1H3,(H,32,37). The van der Waals surface area contributed by atoms with Crippen molar-refractivity contribution >= 4 is 132 Å². The fourth-order valence-electron chi connectivity index (χ4n) is 5.11. The summed E-state index contributed by atoms with van der Waals surface area (Å²) in [5, 5.41) is 12.0. The van der Waals surface area contributed by atoms with Crippen LogP contribution in [0.15, 0.2) is 47.9 Å². The summed E-state index contributed by atoms with van der Waals surface area (Å²) in [5.74, 6) is 5.36. The van der Waals surface area contributed by atoms with Gasteiger partial charge in [0.2, 0.25) is 0 Å². The number of carbonyl (C=O) groups excluding carboxylic acids is 1. The highest BCUT2D eigenvalue weighted by molar-refractivity contribution is 8.21. The number of likely N-dealkylation sites (tertiary alicyclic amines) is 1. The average molecular weight is 853 g/mol. The van der Waals surface area contributed by atoms with E-state index in [0.717, 1.165) is 37.7 Å². The molecule has 1 saturated carbocycles. The number of thiol groups is 9. The molecule has 0 bridgehead atoms. The lowest BCUT2D eigenvalue weighted by Gasteiger charge is -2.43. The summed E-state index contributed by atoms with van der Waals surface area (Å²) in [5.41, 5.74) is 0.735. The SMILES string of the molecule is CN1CCC(NC(=O)OCC#Cc2ccc(OCc3nnc(SC4(S)C(S)(S)C(S)(S)C(S)(S)C4(S)S)n3-c3cccnc3)cc2F)CC1. The van der Waals surface area contributed by atoms with Crippen molar-refractivity contribution < 1.29 is 18.7 Å². The Morgan fingerprint density at radius 2 is 1.69 bits per heavy atom. The maximum atomic E-state index is 15.0. The minimum absolute atomic E-state index is 0.0704. The van der Waals surface area contributed by atoms with Crippen LogP contribution >= 0.6 is 125 Å². The van der Waals surface area contributed by atoms with Crippen LogP contribution < -0.4 is 10.1 Å². The first kappa shape index (κ1) is 39.7. The molecule has 20 heteroatoms. The number of carbonyl (C=O) groups is 1. The van der Waals surface area contributed by atoms with Crippen molar-refractivity contribution in [2.45, 2.75) is 51.0 Å². The Labute approximate surface area is 338 Å². The number of halogens is 1. The van der Waals surface area contributed by atoms with E-state index in [4.69, 9.17) is 123 Å². The molecule has 0 atom stereocenters. The Hall–Kier alpha value is -0.470. The second-order valence-electron chi connectivity index (χ2n) is 11.4. The van der Waals surface area contributed by atoms with Crippen molar-refractivity contribution in [2.75, 3.05) is 26.7 Å². The summed E-state index contributed by atoms with van der Waals surface area (Å²) in [4.78, 5) is 18.5. The molecular weight excluding hydrogens is 820 g/mol. The fraction of sp³-hybridized carbons (Fsp3) is 0.448. The van der Waals surface area contributed by atoms with Crippen molar-refractivity contribution in [1.29, 1.82) is 0 Å². The van der Waals surface area contributed by atoms with Crippen molar-refractivity contribution in [2.24, 2.45) is 0 Å². The third-order valence-corrected chi connectivity index (χ3v) is 19.2. The smallest absolute Gasteiger partial charge is 0.408 e. The summed E-state index contributed by atoms with van der Waals surface area (Å²) < 4.78 is 20.9. The number of aromatic nitrogens is 4. The van der Waals surface area contributed by atoms with Gasteiger partial charge in [0.1, 0.15) is 38.6 Å². The van der Waals surface area contributed by atoms with Gasteiger partial charge in [-0.1, -0.05) is 23.6 Å². The Bertz CT molecular complexity index is 1720. The number of nitrogens with zero attached hydrogens (tertiary/aromatic N) is 5. The number of ether oxygens (including phenoxy) is 2. The Morgan fingerprint density at radius 3 is 2.31 bits per heavy atom. The van der Waals surface area contributed by atoms with Gasteiger partial charge in [-0.3, -0.25) is 9.55 Å². The molecule has 1 amide bonds. The molecule has 2 aromatic heterocycles. The number of piperidine rings is 1. The van der Waals surface area contributed by atoms with Crippen LogP contribution in [0.2, 0.25) is 0 Å². The minimum atomic E-state index is -1.40. The van der Waals surface area contributed by atoms with Crippen LogP contribution in [0.25, 0.3) is 5.69 Å². The van der Waals surface area contributed by atoms with Crippen LogP contribution in [0.1, 0.15) is 24.2 Å². The number of benzene rings is 1. The molecule has 0 unspecified atom stereocenters. The van der Waals surface area contributed by atoms with E-state index in [2.05, 4.69) is 37.2 Å². The Morgan fingerprint density at radius 1 is 1.02 bits per heavy atom. The lowest BCUT2D eigenvalue weighted by atomic mass is 10.1. The molecule has 3 heterocycles. The van der Waals surface area contributed by atoms with Gasteiger partial charge in [-0.05, 0) is 57.2 Å². The van der Waals surface area contributed by atoms with E-state index in [1.165, 1.54) is 12.1 Å². The van der Waals surface area contributed by atoms with Gasteiger partial charge in [0.25, 0.3) is 0 Å². The largest absolute Gasteiger partial charge is 0.485 e. The molecule has 0 radical (unpaired) electrons. The number of amides is 1. The predicted molar refractivity (Wildman–Crippen MR) is 222 cm³/mol. The van der Waals surface area contributed by atoms with Crippen molar-refractivity contribution in [1.82, 2.24) is 30.0 Å². The molecule has 1 N–H and O–H groups in total. The molecule has 1 aliphatic heterocycles. The van der Waals surface area contributed by atoms with E-state index in [-0.39, 0.29) is 30.6 Å². The average Bonchev–Trinajstić information content (AvgIpc) is 3.47. The van der Waals surface area contributed by atoms with Gasteiger partial charge < -0.3 is 19.7 Å². The number of hydrogen-bond donors (Lipinski definition) is 10. The van der Waals surface area contributed by atoms with E-state index < -0.39 is 32.3 Å². The van der Waals surface area contributed by atoms with Crippen molar-refractivity contribution in [3.05, 3.63) is 59.9 Å². The minimum Gasteiger partial charge on any atom is -0.485 e. The van der Waals surface area contributed by atoms with Gasteiger partial charge >= 0.3 is 6.09 Å². The summed E-state index contributed by atoms with van der Waals surface area (Å²) in [6.07, 6.45) is 4.42. The van der Waals surface area contributed by atoms with Gasteiger partial charge in [0.05, 0.1) is 17.4 Å². The number of alkyl carbamates (subject to hydrolysis) is 1. The zero-order valence-electron chi connectivity index (χ0n) is 25.6. The van der Waals surface area contributed by atoms with Gasteiger partial charge in [0, 0.05) is 18.3 Å². The number of hydrogen-bond acceptors (Lipinski definition) is 17. The van der Waals surface area contributed by atoms with Crippen LogP contribution in [0.5, 0.6) is 5.75 Å². The highest BCUT2D eigenvalue weighted by atomic mass is 32.2. The summed E-state index contributed by atoms with van der Waals surface area (Å²) in [7, 11) is 2.04. The van der Waals surface area contributed by atoms with Gasteiger partial charge in [-0.2, -0.15) is 114 Å². The molecule has 1 aromatic carbocycles. The molecule has 2 fully saturated rings. The third-order valence-electron chi connectivity index (χ3n) is 8.09. The second kappa shape index (κ2) is 15.5. The molecule has 5 rings (SSSR count). The lowest BCUT2D eigenvalue weighted by Crippen LogP contribution is -2.49. The zero-order valence-corrected chi connectivity index (χ0v) is 34.5. The van der Waals surface area contributed by atoms with E-state index >= 15 is 0 Å². The first-order chi connectivity index (χ1) is 22.9. The topological polar surface area (TPSA) is 94.4 Å². The highest BCUT2D eigenvalue weighted by Crippen LogP contribution is 2.78. The molecule has 2 aliphatic rings. The highest BCUT2D eigenvalue weighted by Gasteiger charge is 2.81. The monoisotopic (exact) mass is 852 g/mol. The third kappa shape index (κ3) is 7.64. The number of pyridine rings is 1. The van der Waals surface area contributed by atoms with Crippen LogP contribution in [0, 0.1) is 17.7 Å². The van der Waals surface area contributed by atoms with E-state index in [1.807, 2.05) is 13.1 Å². The Balaban J connectivity index is 1.29. The number of rotatable bonds is 8. The number of thioether (sulfide) groups is 1. The zero-order chi connectivity index (χ0) is 35.8. The first-order valence-corrected chi connectivity index (χ1v) is 19.3. The van der Waals surface area contributed by atoms with Gasteiger partial charge in [-0.25, -0.2) is 9.18 Å². The summed E-state index contributed by atoms with van der Waals surface area (Å²) >= 11 is 44.2. The maximum Gasteiger partial charge on any atom is 0.408 e.